The minimum absolute atomic E-state index is 0.250. The van der Waals surface area contributed by atoms with Crippen molar-refractivity contribution in [3.05, 3.63) is 0 Å². The average molecular weight is 110 g/mol. The van der Waals surface area contributed by atoms with E-state index in [1.54, 1.807) is 6.92 Å². The first-order valence-electron chi connectivity index (χ1n) is 1.49. The first kappa shape index (κ1) is 9.52. The van der Waals surface area contributed by atoms with Crippen LogP contribution in [0.2, 0.25) is 0 Å². The maximum Gasteiger partial charge on any atom is 0.0402 e. The maximum absolute atomic E-state index is 7.57. The summed E-state index contributed by atoms with van der Waals surface area (Å²) >= 11 is 0.750. The number of aliphatic hydroxyl groups excluding tert-OH is 1. The fourth-order valence-corrected chi connectivity index (χ4v) is 0. The van der Waals surface area contributed by atoms with Crippen LogP contribution in [0.1, 0.15) is 6.92 Å². The Morgan fingerprint density at radius 2 is 1.67 bits per heavy atom. The molecule has 0 bridgehead atoms. The Morgan fingerprint density at radius 1 is 1.67 bits per heavy atom. The van der Waals surface area contributed by atoms with Gasteiger partial charge in [-0.15, -0.1) is 0 Å². The van der Waals surface area contributed by atoms with E-state index in [0.717, 1.165) is 12.1 Å². The molecule has 0 spiro atoms. The van der Waals surface area contributed by atoms with Crippen molar-refractivity contribution in [2.24, 2.45) is 10.3 Å². The summed E-state index contributed by atoms with van der Waals surface area (Å²) in [7, 11) is 0. The molecule has 0 unspecified atom stereocenters. The molecule has 40 valence electrons. The number of aliphatic hydroxyl groups is 1. The van der Waals surface area contributed by atoms with Crippen molar-refractivity contribution in [2.75, 3.05) is 6.61 Å². The highest BCUT2D eigenvalue weighted by Crippen LogP contribution is 1.46. The summed E-state index contributed by atoms with van der Waals surface area (Å²) in [6.45, 7) is 1.93. The van der Waals surface area contributed by atoms with Gasteiger partial charge in [0.1, 0.15) is 0 Å². The lowest BCUT2D eigenvalue weighted by atomic mass is 10.9. The Balaban J connectivity index is 0. The molecule has 0 saturated heterocycles. The van der Waals surface area contributed by atoms with E-state index in [2.05, 4.69) is 10.3 Å². The van der Waals surface area contributed by atoms with Crippen molar-refractivity contribution >= 4 is 12.1 Å². The molecular formula is C2H10N2OS. The van der Waals surface area contributed by atoms with E-state index in [4.69, 9.17) is 5.11 Å². The topological polar surface area (TPSA) is 72.3 Å². The van der Waals surface area contributed by atoms with E-state index >= 15 is 0 Å². The lowest BCUT2D eigenvalue weighted by Crippen LogP contribution is -1.83. The van der Waals surface area contributed by atoms with Gasteiger partial charge in [-0.1, -0.05) is 0 Å². The fraction of sp³-hybridized carbons (Fsp3) is 1.00. The molecule has 3 nitrogen and oxygen atoms in total. The molecule has 0 aromatic carbocycles. The summed E-state index contributed by atoms with van der Waals surface area (Å²) in [6, 6.07) is 0. The molecule has 5 N–H and O–H groups in total. The van der Waals surface area contributed by atoms with Gasteiger partial charge in [0.15, 0.2) is 0 Å². The van der Waals surface area contributed by atoms with Crippen LogP contribution >= 0.6 is 12.1 Å². The van der Waals surface area contributed by atoms with Gasteiger partial charge in [0.2, 0.25) is 0 Å². The molecular weight excluding hydrogens is 100 g/mol. The molecule has 0 atom stereocenters. The van der Waals surface area contributed by atoms with Crippen molar-refractivity contribution in [2.45, 2.75) is 6.92 Å². The monoisotopic (exact) mass is 110 g/mol. The second-order valence-corrected chi connectivity index (χ2v) is 0.724. The molecule has 0 aromatic heterocycles. The second kappa shape index (κ2) is 18.8. The van der Waals surface area contributed by atoms with E-state index in [-0.39, 0.29) is 6.61 Å². The SMILES string of the molecule is CCO.NSN. The van der Waals surface area contributed by atoms with E-state index in [9.17, 15) is 0 Å². The molecule has 4 heteroatoms. The van der Waals surface area contributed by atoms with Crippen LogP contribution in [0.3, 0.4) is 0 Å². The quantitative estimate of drug-likeness (QED) is 0.366. The van der Waals surface area contributed by atoms with Crippen LogP contribution in [-0.2, 0) is 0 Å². The summed E-state index contributed by atoms with van der Waals surface area (Å²) in [5, 5.41) is 16.7. The van der Waals surface area contributed by atoms with Crippen molar-refractivity contribution < 1.29 is 5.11 Å². The minimum Gasteiger partial charge on any atom is -0.397 e. The van der Waals surface area contributed by atoms with Crippen LogP contribution in [-0.4, -0.2) is 11.7 Å². The zero-order chi connectivity index (χ0) is 5.41. The standard InChI is InChI=1S/C2H6O.H4N2S/c1-2-3;1-3-2/h3H,2H2,1H3;1-2H2. The third-order valence-electron chi connectivity index (χ3n) is 0. The van der Waals surface area contributed by atoms with Crippen molar-refractivity contribution in [1.29, 1.82) is 0 Å². The van der Waals surface area contributed by atoms with E-state index in [0.29, 0.717) is 0 Å². The molecule has 0 radical (unpaired) electrons. The lowest BCUT2D eigenvalue weighted by Gasteiger charge is -1.55. The van der Waals surface area contributed by atoms with Gasteiger partial charge in [-0.05, 0) is 19.1 Å². The van der Waals surface area contributed by atoms with Gasteiger partial charge < -0.3 is 5.11 Å². The lowest BCUT2D eigenvalue weighted by molar-refractivity contribution is 0.318. The summed E-state index contributed by atoms with van der Waals surface area (Å²) in [6.07, 6.45) is 0. The zero-order valence-electron chi connectivity index (χ0n) is 3.72. The molecule has 6 heavy (non-hydrogen) atoms. The maximum atomic E-state index is 7.57. The third kappa shape index (κ3) is 834. The third-order valence-corrected chi connectivity index (χ3v) is 0. The summed E-state index contributed by atoms with van der Waals surface area (Å²) in [5.74, 6) is 0. The van der Waals surface area contributed by atoms with Gasteiger partial charge in [0.05, 0.1) is 0 Å². The van der Waals surface area contributed by atoms with Gasteiger partial charge in [-0.3, -0.25) is 10.3 Å². The smallest absolute Gasteiger partial charge is 0.0402 e. The van der Waals surface area contributed by atoms with Crippen LogP contribution in [0, 0.1) is 0 Å². The number of hydrogen-bond acceptors (Lipinski definition) is 4. The molecule has 0 aliphatic rings. The Hall–Kier alpha value is 0.230. The molecule has 0 saturated carbocycles. The molecule has 0 aromatic rings. The first-order valence-corrected chi connectivity index (χ1v) is 2.44. The fourth-order valence-electron chi connectivity index (χ4n) is 0. The van der Waals surface area contributed by atoms with E-state index in [1.807, 2.05) is 0 Å². The molecule has 0 aliphatic heterocycles. The highest BCUT2D eigenvalue weighted by molar-refractivity contribution is 7.94. The normalized spacial score (nSPS) is 6.00. The highest BCUT2D eigenvalue weighted by atomic mass is 32.2. The van der Waals surface area contributed by atoms with Crippen molar-refractivity contribution in [1.82, 2.24) is 0 Å². The van der Waals surface area contributed by atoms with Crippen LogP contribution < -0.4 is 10.3 Å². The molecule has 0 aliphatic carbocycles. The summed E-state index contributed by atoms with van der Waals surface area (Å²) in [5.41, 5.74) is 0. The van der Waals surface area contributed by atoms with Gasteiger partial charge >= 0.3 is 0 Å². The largest absolute Gasteiger partial charge is 0.397 e. The minimum atomic E-state index is 0.250. The van der Waals surface area contributed by atoms with Gasteiger partial charge in [-0.25, -0.2) is 0 Å². The molecule has 0 rings (SSSR count). The van der Waals surface area contributed by atoms with Crippen LogP contribution in [0.5, 0.6) is 0 Å². The molecule has 0 heterocycles. The second-order valence-electron chi connectivity index (χ2n) is 0.452. The summed E-state index contributed by atoms with van der Waals surface area (Å²) < 4.78 is 0. The van der Waals surface area contributed by atoms with Gasteiger partial charge in [0.25, 0.3) is 0 Å². The number of hydrogen-bond donors (Lipinski definition) is 3. The Bertz CT molecular complexity index is 13.5. The number of nitrogens with two attached hydrogens (primary N) is 2. The average Bonchev–Trinajstić information content (AvgIpc) is 1.39. The van der Waals surface area contributed by atoms with Crippen molar-refractivity contribution in [3.8, 4) is 0 Å². The highest BCUT2D eigenvalue weighted by Gasteiger charge is 1.34. The first-order chi connectivity index (χ1) is 2.83. The van der Waals surface area contributed by atoms with Crippen LogP contribution in [0.15, 0.2) is 0 Å². The van der Waals surface area contributed by atoms with E-state index in [1.165, 1.54) is 0 Å². The summed E-state index contributed by atoms with van der Waals surface area (Å²) in [4.78, 5) is 0. The molecule has 0 fully saturated rings. The Kier molecular flexibility index (Phi) is 29.9. The Labute approximate surface area is 42.0 Å². The van der Waals surface area contributed by atoms with Crippen molar-refractivity contribution in [3.63, 3.8) is 0 Å². The zero-order valence-corrected chi connectivity index (χ0v) is 4.53. The predicted molar refractivity (Wildman–Crippen MR) is 28.7 cm³/mol. The number of rotatable bonds is 0. The van der Waals surface area contributed by atoms with Crippen LogP contribution in [0.25, 0.3) is 0 Å². The Morgan fingerprint density at radius 3 is 1.67 bits per heavy atom. The van der Waals surface area contributed by atoms with Gasteiger partial charge in [0, 0.05) is 6.61 Å². The van der Waals surface area contributed by atoms with E-state index < -0.39 is 0 Å². The molecule has 0 amide bonds. The van der Waals surface area contributed by atoms with Crippen LogP contribution in [0.4, 0.5) is 0 Å². The predicted octanol–water partition coefficient (Wildman–Crippen LogP) is -0.534. The van der Waals surface area contributed by atoms with Gasteiger partial charge in [-0.2, -0.15) is 0 Å².